The molecule has 18 heavy (non-hydrogen) atoms. The summed E-state index contributed by atoms with van der Waals surface area (Å²) < 4.78 is 0. The molecule has 1 unspecified atom stereocenters. The van der Waals surface area contributed by atoms with E-state index in [4.69, 9.17) is 5.11 Å². The van der Waals surface area contributed by atoms with Crippen LogP contribution in [0.4, 0.5) is 0 Å². The Kier molecular flexibility index (Phi) is 4.74. The van der Waals surface area contributed by atoms with Gasteiger partial charge in [-0.05, 0) is 44.6 Å². The van der Waals surface area contributed by atoms with Gasteiger partial charge in [0.25, 0.3) is 0 Å². The van der Waals surface area contributed by atoms with Crippen molar-refractivity contribution in [2.45, 2.75) is 19.4 Å². The van der Waals surface area contributed by atoms with E-state index in [9.17, 15) is 4.79 Å². The third-order valence-corrected chi connectivity index (χ3v) is 4.35. The zero-order valence-electron chi connectivity index (χ0n) is 10.7. The SMILES string of the molecule is CN1CCC(CNCc2ccc(CC(=O)O)s2)C1. The molecule has 2 rings (SSSR count). The highest BCUT2D eigenvalue weighted by Gasteiger charge is 2.18. The van der Waals surface area contributed by atoms with E-state index in [1.807, 2.05) is 12.1 Å². The Balaban J connectivity index is 1.70. The van der Waals surface area contributed by atoms with Gasteiger partial charge in [0.15, 0.2) is 0 Å². The maximum absolute atomic E-state index is 10.6. The van der Waals surface area contributed by atoms with E-state index in [-0.39, 0.29) is 6.42 Å². The zero-order chi connectivity index (χ0) is 13.0. The van der Waals surface area contributed by atoms with Crippen molar-refractivity contribution in [1.29, 1.82) is 0 Å². The molecule has 5 heteroatoms. The lowest BCUT2D eigenvalue weighted by atomic mass is 10.1. The topological polar surface area (TPSA) is 52.6 Å². The minimum atomic E-state index is -0.759. The highest BCUT2D eigenvalue weighted by Crippen LogP contribution is 2.17. The van der Waals surface area contributed by atoms with Gasteiger partial charge in [-0.1, -0.05) is 0 Å². The van der Waals surface area contributed by atoms with E-state index >= 15 is 0 Å². The van der Waals surface area contributed by atoms with Gasteiger partial charge in [0.05, 0.1) is 6.42 Å². The molecule has 0 spiro atoms. The third kappa shape index (κ3) is 4.08. The Hall–Kier alpha value is -0.910. The van der Waals surface area contributed by atoms with Crippen molar-refractivity contribution in [1.82, 2.24) is 10.2 Å². The van der Waals surface area contributed by atoms with Crippen molar-refractivity contribution in [2.24, 2.45) is 5.92 Å². The molecule has 2 N–H and O–H groups in total. The number of carboxylic acids is 1. The van der Waals surface area contributed by atoms with E-state index in [0.29, 0.717) is 0 Å². The van der Waals surface area contributed by atoms with Crippen molar-refractivity contribution in [3.8, 4) is 0 Å². The van der Waals surface area contributed by atoms with Gasteiger partial charge >= 0.3 is 5.97 Å². The minimum Gasteiger partial charge on any atom is -0.481 e. The van der Waals surface area contributed by atoms with Gasteiger partial charge in [-0.25, -0.2) is 0 Å². The largest absolute Gasteiger partial charge is 0.481 e. The van der Waals surface area contributed by atoms with Crippen LogP contribution in [-0.4, -0.2) is 42.7 Å². The third-order valence-electron chi connectivity index (χ3n) is 3.26. The summed E-state index contributed by atoms with van der Waals surface area (Å²) in [6.45, 7) is 4.29. The number of likely N-dealkylation sites (tertiary alicyclic amines) is 1. The van der Waals surface area contributed by atoms with E-state index in [2.05, 4.69) is 17.3 Å². The van der Waals surface area contributed by atoms with Crippen molar-refractivity contribution in [2.75, 3.05) is 26.7 Å². The van der Waals surface area contributed by atoms with Gasteiger partial charge in [0.2, 0.25) is 0 Å². The first kappa shape index (κ1) is 13.5. The van der Waals surface area contributed by atoms with E-state index in [1.54, 1.807) is 11.3 Å². The van der Waals surface area contributed by atoms with Crippen molar-refractivity contribution in [3.63, 3.8) is 0 Å². The quantitative estimate of drug-likeness (QED) is 0.819. The number of aliphatic carboxylic acids is 1. The van der Waals surface area contributed by atoms with E-state index in [1.165, 1.54) is 24.4 Å². The number of hydrogen-bond donors (Lipinski definition) is 2. The fourth-order valence-electron chi connectivity index (χ4n) is 2.35. The van der Waals surface area contributed by atoms with Crippen molar-refractivity contribution < 1.29 is 9.90 Å². The van der Waals surface area contributed by atoms with E-state index in [0.717, 1.165) is 23.9 Å². The molecule has 0 bridgehead atoms. The van der Waals surface area contributed by atoms with Gasteiger partial charge in [0, 0.05) is 22.8 Å². The van der Waals surface area contributed by atoms with Crippen molar-refractivity contribution >= 4 is 17.3 Å². The number of carbonyl (C=O) groups is 1. The summed E-state index contributed by atoms with van der Waals surface area (Å²) in [7, 11) is 2.16. The molecule has 0 amide bonds. The molecule has 1 aromatic heterocycles. The Labute approximate surface area is 112 Å². The number of thiophene rings is 1. The van der Waals surface area contributed by atoms with Crippen LogP contribution < -0.4 is 5.32 Å². The van der Waals surface area contributed by atoms with Crippen molar-refractivity contribution in [3.05, 3.63) is 21.9 Å². The molecule has 100 valence electrons. The predicted octanol–water partition coefficient (Wildman–Crippen LogP) is 1.42. The van der Waals surface area contributed by atoms with Crippen LogP contribution in [0.15, 0.2) is 12.1 Å². The molecule has 1 atom stereocenters. The van der Waals surface area contributed by atoms with Gasteiger partial charge in [-0.15, -0.1) is 11.3 Å². The molecule has 0 saturated carbocycles. The zero-order valence-corrected chi connectivity index (χ0v) is 11.5. The number of hydrogen-bond acceptors (Lipinski definition) is 4. The van der Waals surface area contributed by atoms with Gasteiger partial charge < -0.3 is 15.3 Å². The fraction of sp³-hybridized carbons (Fsp3) is 0.615. The maximum atomic E-state index is 10.6. The molecular weight excluding hydrogens is 248 g/mol. The lowest BCUT2D eigenvalue weighted by Gasteiger charge is -2.10. The Morgan fingerprint density at radius 2 is 2.33 bits per heavy atom. The van der Waals surface area contributed by atoms with E-state index < -0.39 is 5.97 Å². The molecule has 0 aliphatic carbocycles. The number of rotatable bonds is 6. The second-order valence-corrected chi connectivity index (χ2v) is 6.24. The highest BCUT2D eigenvalue weighted by molar-refractivity contribution is 7.12. The van der Waals surface area contributed by atoms with Crippen LogP contribution in [0.3, 0.4) is 0 Å². The fourth-order valence-corrected chi connectivity index (χ4v) is 3.33. The monoisotopic (exact) mass is 268 g/mol. The summed E-state index contributed by atoms with van der Waals surface area (Å²) in [5.41, 5.74) is 0. The van der Waals surface area contributed by atoms with Crippen LogP contribution in [0.25, 0.3) is 0 Å². The van der Waals surface area contributed by atoms with Crippen LogP contribution in [0, 0.1) is 5.92 Å². The van der Waals surface area contributed by atoms with Crippen LogP contribution in [-0.2, 0) is 17.8 Å². The molecule has 1 aromatic rings. The summed E-state index contributed by atoms with van der Waals surface area (Å²) >= 11 is 1.59. The predicted molar refractivity (Wildman–Crippen MR) is 73.0 cm³/mol. The lowest BCUT2D eigenvalue weighted by molar-refractivity contribution is -0.136. The summed E-state index contributed by atoms with van der Waals surface area (Å²) in [4.78, 5) is 15.1. The molecular formula is C13H20N2O2S. The summed E-state index contributed by atoms with van der Waals surface area (Å²) in [6.07, 6.45) is 1.41. The molecule has 0 aromatic carbocycles. The Morgan fingerprint density at radius 3 is 3.00 bits per heavy atom. The average molecular weight is 268 g/mol. The highest BCUT2D eigenvalue weighted by atomic mass is 32.1. The number of nitrogens with zero attached hydrogens (tertiary/aromatic N) is 1. The first-order chi connectivity index (χ1) is 8.63. The molecule has 1 aliphatic heterocycles. The molecule has 4 nitrogen and oxygen atoms in total. The molecule has 2 heterocycles. The van der Waals surface area contributed by atoms with Crippen LogP contribution in [0.1, 0.15) is 16.2 Å². The summed E-state index contributed by atoms with van der Waals surface area (Å²) in [5, 5.41) is 12.2. The second-order valence-electron chi connectivity index (χ2n) is 4.99. The number of nitrogens with one attached hydrogen (secondary N) is 1. The first-order valence-corrected chi connectivity index (χ1v) is 7.14. The van der Waals surface area contributed by atoms with Crippen LogP contribution in [0.5, 0.6) is 0 Å². The van der Waals surface area contributed by atoms with Gasteiger partial charge in [-0.2, -0.15) is 0 Å². The average Bonchev–Trinajstić information content (AvgIpc) is 2.88. The smallest absolute Gasteiger partial charge is 0.308 e. The molecule has 0 radical (unpaired) electrons. The van der Waals surface area contributed by atoms with Crippen LogP contribution in [0.2, 0.25) is 0 Å². The Morgan fingerprint density at radius 1 is 1.56 bits per heavy atom. The summed E-state index contributed by atoms with van der Waals surface area (Å²) in [6, 6.07) is 3.94. The minimum absolute atomic E-state index is 0.137. The van der Waals surface area contributed by atoms with Gasteiger partial charge in [-0.3, -0.25) is 4.79 Å². The summed E-state index contributed by atoms with van der Waals surface area (Å²) in [5.74, 6) is -0.00111. The Bertz CT molecular complexity index is 405. The standard InChI is InChI=1S/C13H20N2O2S/c1-15-5-4-10(9-15)7-14-8-12-3-2-11(18-12)6-13(16)17/h2-3,10,14H,4-9H2,1H3,(H,16,17). The normalized spacial score (nSPS) is 20.4. The van der Waals surface area contributed by atoms with Gasteiger partial charge in [0.1, 0.15) is 0 Å². The maximum Gasteiger partial charge on any atom is 0.308 e. The molecule has 1 aliphatic rings. The second kappa shape index (κ2) is 6.31. The number of carboxylic acid groups (broad SMARTS) is 1. The lowest BCUT2D eigenvalue weighted by Crippen LogP contribution is -2.24. The molecule has 1 fully saturated rings. The van der Waals surface area contributed by atoms with Crippen LogP contribution >= 0.6 is 11.3 Å². The first-order valence-electron chi connectivity index (χ1n) is 6.32. The molecule has 1 saturated heterocycles.